The number of hydroxylamine groups is 1. The molecule has 0 unspecified atom stereocenters. The molecule has 198 valence electrons. The van der Waals surface area contributed by atoms with Gasteiger partial charge in [-0.15, -0.1) is 13.2 Å². The Kier molecular flexibility index (Phi) is 8.49. The van der Waals surface area contributed by atoms with Gasteiger partial charge in [-0.05, 0) is 60.9 Å². The molecule has 3 aromatic carbocycles. The molecule has 0 aliphatic heterocycles. The number of rotatable bonds is 10. The van der Waals surface area contributed by atoms with Gasteiger partial charge in [0.05, 0.1) is 6.54 Å². The number of benzene rings is 3. The van der Waals surface area contributed by atoms with E-state index in [0.29, 0.717) is 40.9 Å². The van der Waals surface area contributed by atoms with Gasteiger partial charge in [0.2, 0.25) is 0 Å². The summed E-state index contributed by atoms with van der Waals surface area (Å²) < 4.78 is 53.2. The van der Waals surface area contributed by atoms with E-state index in [1.54, 1.807) is 42.5 Å². The third-order valence-electron chi connectivity index (χ3n) is 5.57. The van der Waals surface area contributed by atoms with Crippen LogP contribution in [0.2, 0.25) is 0 Å². The first-order valence-corrected chi connectivity index (χ1v) is 11.9. The number of nitrogens with one attached hydrogen (secondary N) is 2. The smallest absolute Gasteiger partial charge is 0.492 e. The van der Waals surface area contributed by atoms with Crippen molar-refractivity contribution in [1.82, 2.24) is 10.8 Å². The molecule has 0 radical (unpaired) electrons. The third-order valence-corrected chi connectivity index (χ3v) is 5.90. The van der Waals surface area contributed by atoms with Crippen molar-refractivity contribution < 1.29 is 37.1 Å². The second-order valence-electron chi connectivity index (χ2n) is 8.17. The molecule has 1 heterocycles. The van der Waals surface area contributed by atoms with Crippen molar-refractivity contribution in [1.29, 1.82) is 0 Å². The molecule has 38 heavy (non-hydrogen) atoms. The lowest BCUT2D eigenvalue weighted by Gasteiger charge is -2.10. The Hall–Kier alpha value is -4.09. The summed E-state index contributed by atoms with van der Waals surface area (Å²) in [6.45, 7) is 0.389. The Labute approximate surface area is 221 Å². The van der Waals surface area contributed by atoms with Crippen LogP contribution in [0, 0.1) is 0 Å². The number of furan rings is 1. The molecular formula is C27H23F3N2O5S. The molecule has 3 N–H and O–H groups in total. The number of hydrogen-bond acceptors (Lipinski definition) is 6. The van der Waals surface area contributed by atoms with Gasteiger partial charge in [-0.25, -0.2) is 0 Å². The van der Waals surface area contributed by atoms with E-state index < -0.39 is 12.3 Å². The fraction of sp³-hybridized carbons (Fsp3) is 0.185. The highest BCUT2D eigenvalue weighted by Gasteiger charge is 2.31. The van der Waals surface area contributed by atoms with Gasteiger partial charge in [0, 0.05) is 16.5 Å². The van der Waals surface area contributed by atoms with Crippen molar-refractivity contribution in [3.63, 3.8) is 0 Å². The van der Waals surface area contributed by atoms with Gasteiger partial charge in [-0.1, -0.05) is 42.5 Å². The molecule has 0 bridgehead atoms. The maximum atomic E-state index is 13.0. The number of thiocarbonyl (C=S) groups is 1. The predicted octanol–water partition coefficient (Wildman–Crippen LogP) is 5.58. The van der Waals surface area contributed by atoms with Crippen molar-refractivity contribution in [2.75, 3.05) is 13.2 Å². The van der Waals surface area contributed by atoms with E-state index >= 15 is 0 Å². The van der Waals surface area contributed by atoms with Crippen LogP contribution in [0.3, 0.4) is 0 Å². The number of alkyl halides is 3. The van der Waals surface area contributed by atoms with Gasteiger partial charge in [-0.3, -0.25) is 15.5 Å². The summed E-state index contributed by atoms with van der Waals surface area (Å²) in [4.78, 5) is 13.2. The first kappa shape index (κ1) is 27.0. The van der Waals surface area contributed by atoms with Crippen molar-refractivity contribution in [3.05, 3.63) is 95.2 Å². The van der Waals surface area contributed by atoms with Crippen molar-refractivity contribution >= 4 is 34.1 Å². The Morgan fingerprint density at radius 2 is 1.74 bits per heavy atom. The summed E-state index contributed by atoms with van der Waals surface area (Å²) in [5.41, 5.74) is 4.35. The summed E-state index contributed by atoms with van der Waals surface area (Å²) in [6, 6.07) is 19.7. The molecule has 11 heteroatoms. The van der Waals surface area contributed by atoms with Gasteiger partial charge < -0.3 is 19.2 Å². The van der Waals surface area contributed by atoms with Gasteiger partial charge >= 0.3 is 6.36 Å². The van der Waals surface area contributed by atoms with Crippen molar-refractivity contribution in [2.45, 2.75) is 19.2 Å². The second kappa shape index (κ2) is 12.0. The summed E-state index contributed by atoms with van der Waals surface area (Å²) in [5.74, 6) is -0.0238. The number of para-hydroxylation sites is 1. The summed E-state index contributed by atoms with van der Waals surface area (Å²) >= 11 is 4.95. The number of amides is 1. The number of carbonyl (C=O) groups is 1. The molecule has 1 amide bonds. The van der Waals surface area contributed by atoms with Crippen LogP contribution in [0.25, 0.3) is 11.0 Å². The number of halogens is 3. The van der Waals surface area contributed by atoms with E-state index in [1.807, 2.05) is 17.6 Å². The zero-order chi connectivity index (χ0) is 27.1. The summed E-state index contributed by atoms with van der Waals surface area (Å²) in [5, 5.41) is 12.4. The van der Waals surface area contributed by atoms with Crippen LogP contribution in [0.1, 0.15) is 27.2 Å². The third kappa shape index (κ3) is 7.02. The van der Waals surface area contributed by atoms with Crippen LogP contribution in [-0.4, -0.2) is 35.6 Å². The van der Waals surface area contributed by atoms with E-state index in [9.17, 15) is 18.0 Å². The van der Waals surface area contributed by atoms with Crippen LogP contribution in [0.5, 0.6) is 11.5 Å². The lowest BCUT2D eigenvalue weighted by Crippen LogP contribution is -2.28. The number of aryl methyl sites for hydroxylation is 2. The minimum atomic E-state index is -4.78. The molecule has 0 fully saturated rings. The average molecular weight is 545 g/mol. The highest BCUT2D eigenvalue weighted by Crippen LogP contribution is 2.28. The SMILES string of the molecule is O=C(NCCOc1ccc(C(=S)NO)cc1)c1oc2ccccc2c1CCc1cccc(OC(F)(F)F)c1. The average Bonchev–Trinajstić information content (AvgIpc) is 3.27. The van der Waals surface area contributed by atoms with Crippen molar-refractivity contribution in [3.8, 4) is 11.5 Å². The quantitative estimate of drug-likeness (QED) is 0.136. The van der Waals surface area contributed by atoms with Gasteiger partial charge in [0.1, 0.15) is 28.7 Å². The zero-order valence-electron chi connectivity index (χ0n) is 19.9. The highest BCUT2D eigenvalue weighted by atomic mass is 32.1. The number of carbonyl (C=O) groups excluding carboxylic acids is 1. The van der Waals surface area contributed by atoms with Crippen LogP contribution in [0.15, 0.2) is 77.2 Å². The largest absolute Gasteiger partial charge is 0.573 e. The fourth-order valence-electron chi connectivity index (χ4n) is 3.88. The summed E-state index contributed by atoms with van der Waals surface area (Å²) in [6.07, 6.45) is -4.04. The molecule has 0 atom stereocenters. The topological polar surface area (TPSA) is 93.0 Å². The van der Waals surface area contributed by atoms with E-state index in [1.165, 1.54) is 18.2 Å². The molecule has 0 aliphatic carbocycles. The molecule has 4 aromatic rings. The molecule has 0 aliphatic rings. The van der Waals surface area contributed by atoms with Crippen LogP contribution >= 0.6 is 12.2 Å². The lowest BCUT2D eigenvalue weighted by atomic mass is 10.0. The normalized spacial score (nSPS) is 11.3. The monoisotopic (exact) mass is 544 g/mol. The minimum absolute atomic E-state index is 0.142. The number of ether oxygens (including phenoxy) is 2. The fourth-order valence-corrected chi connectivity index (χ4v) is 4.01. The zero-order valence-corrected chi connectivity index (χ0v) is 20.7. The minimum Gasteiger partial charge on any atom is -0.492 e. The Balaban J connectivity index is 1.39. The molecule has 0 saturated heterocycles. The van der Waals surface area contributed by atoms with Crippen LogP contribution < -0.4 is 20.3 Å². The van der Waals surface area contributed by atoms with Crippen LogP contribution in [-0.2, 0) is 12.8 Å². The first-order chi connectivity index (χ1) is 18.2. The molecule has 0 spiro atoms. The lowest BCUT2D eigenvalue weighted by molar-refractivity contribution is -0.274. The second-order valence-corrected chi connectivity index (χ2v) is 8.58. The molecule has 1 aromatic heterocycles. The predicted molar refractivity (Wildman–Crippen MR) is 138 cm³/mol. The van der Waals surface area contributed by atoms with E-state index in [4.69, 9.17) is 26.6 Å². The van der Waals surface area contributed by atoms with E-state index in [2.05, 4.69) is 10.1 Å². The molecule has 4 rings (SSSR count). The summed E-state index contributed by atoms with van der Waals surface area (Å²) in [7, 11) is 0. The number of hydrogen-bond donors (Lipinski definition) is 3. The van der Waals surface area contributed by atoms with Gasteiger partial charge in [0.25, 0.3) is 5.91 Å². The molecular weight excluding hydrogens is 521 g/mol. The van der Waals surface area contributed by atoms with E-state index in [0.717, 1.165) is 5.39 Å². The Bertz CT molecular complexity index is 1420. The van der Waals surface area contributed by atoms with Crippen molar-refractivity contribution in [2.24, 2.45) is 0 Å². The maximum Gasteiger partial charge on any atom is 0.573 e. The Morgan fingerprint density at radius 1 is 0.974 bits per heavy atom. The first-order valence-electron chi connectivity index (χ1n) is 11.5. The van der Waals surface area contributed by atoms with Gasteiger partial charge in [0.15, 0.2) is 5.76 Å². The standard InChI is InChI=1S/C27H23F3N2O5S/c28-27(29,30)37-20-5-3-4-17(16-20)8-13-22-21-6-1-2-7-23(21)36-24(22)25(33)31-14-15-35-19-11-9-18(10-12-19)26(38)32-34/h1-7,9-12,16,34H,8,13-15H2,(H,31,33)(H,32,38). The molecule has 7 nitrogen and oxygen atoms in total. The van der Waals surface area contributed by atoms with Gasteiger partial charge in [-0.2, -0.15) is 0 Å². The van der Waals surface area contributed by atoms with Crippen LogP contribution in [0.4, 0.5) is 13.2 Å². The number of fused-ring (bicyclic) bond motifs is 1. The molecule has 0 saturated carbocycles. The highest BCUT2D eigenvalue weighted by molar-refractivity contribution is 7.80. The maximum absolute atomic E-state index is 13.0. The van der Waals surface area contributed by atoms with E-state index in [-0.39, 0.29) is 29.6 Å². The Morgan fingerprint density at radius 3 is 2.47 bits per heavy atom.